The Kier molecular flexibility index (Phi) is 3.87. The Hall–Kier alpha value is -0.980. The molecule has 0 amide bonds. The SMILES string of the molecule is CN1CCN(Cc2cn(CCN)nn2)CC1. The molecule has 1 aromatic rings. The Morgan fingerprint density at radius 1 is 1.31 bits per heavy atom. The predicted molar refractivity (Wildman–Crippen MR) is 61.9 cm³/mol. The zero-order valence-electron chi connectivity index (χ0n) is 9.84. The molecule has 0 aromatic carbocycles. The van der Waals surface area contributed by atoms with E-state index in [2.05, 4.69) is 27.2 Å². The average Bonchev–Trinajstić information content (AvgIpc) is 2.70. The molecule has 0 spiro atoms. The third-order valence-electron chi connectivity index (χ3n) is 2.93. The zero-order chi connectivity index (χ0) is 11.4. The molecule has 2 rings (SSSR count). The molecule has 2 N–H and O–H groups in total. The molecule has 2 heterocycles. The molecule has 0 radical (unpaired) electrons. The highest BCUT2D eigenvalue weighted by Crippen LogP contribution is 2.04. The number of piperazine rings is 1. The van der Waals surface area contributed by atoms with Crippen LogP contribution in [0.25, 0.3) is 0 Å². The van der Waals surface area contributed by atoms with E-state index in [1.165, 1.54) is 0 Å². The lowest BCUT2D eigenvalue weighted by Crippen LogP contribution is -2.43. The number of likely N-dealkylation sites (N-methyl/N-ethyl adjacent to an activating group) is 1. The molecule has 6 heteroatoms. The summed E-state index contributed by atoms with van der Waals surface area (Å²) in [5, 5.41) is 8.19. The maximum Gasteiger partial charge on any atom is 0.0967 e. The molecule has 0 atom stereocenters. The first-order valence-electron chi connectivity index (χ1n) is 5.78. The first-order valence-corrected chi connectivity index (χ1v) is 5.78. The molecule has 0 aliphatic carbocycles. The van der Waals surface area contributed by atoms with Gasteiger partial charge in [-0.15, -0.1) is 5.10 Å². The Morgan fingerprint density at radius 2 is 2.06 bits per heavy atom. The highest BCUT2D eigenvalue weighted by atomic mass is 15.4. The summed E-state index contributed by atoms with van der Waals surface area (Å²) in [7, 11) is 2.16. The van der Waals surface area contributed by atoms with E-state index in [1.807, 2.05) is 10.9 Å². The van der Waals surface area contributed by atoms with Crippen molar-refractivity contribution in [3.8, 4) is 0 Å². The van der Waals surface area contributed by atoms with Crippen LogP contribution in [0, 0.1) is 0 Å². The van der Waals surface area contributed by atoms with Crippen LogP contribution >= 0.6 is 0 Å². The maximum atomic E-state index is 5.46. The van der Waals surface area contributed by atoms with Crippen molar-refractivity contribution in [2.24, 2.45) is 5.73 Å². The molecule has 0 bridgehead atoms. The van der Waals surface area contributed by atoms with Gasteiger partial charge in [0, 0.05) is 45.5 Å². The quantitative estimate of drug-likeness (QED) is 0.709. The van der Waals surface area contributed by atoms with Crippen molar-refractivity contribution in [3.63, 3.8) is 0 Å². The molecular weight excluding hydrogens is 204 g/mol. The van der Waals surface area contributed by atoms with Gasteiger partial charge in [-0.1, -0.05) is 5.21 Å². The second-order valence-corrected chi connectivity index (χ2v) is 4.34. The number of hydrogen-bond acceptors (Lipinski definition) is 5. The van der Waals surface area contributed by atoms with Gasteiger partial charge in [0.25, 0.3) is 0 Å². The van der Waals surface area contributed by atoms with Crippen molar-refractivity contribution in [1.29, 1.82) is 0 Å². The van der Waals surface area contributed by atoms with Gasteiger partial charge in [-0.3, -0.25) is 9.58 Å². The number of rotatable bonds is 4. The lowest BCUT2D eigenvalue weighted by molar-refractivity contribution is 0.147. The molecule has 1 aliphatic rings. The van der Waals surface area contributed by atoms with Gasteiger partial charge in [-0.2, -0.15) is 0 Å². The van der Waals surface area contributed by atoms with Crippen LogP contribution in [0.2, 0.25) is 0 Å². The Bertz CT molecular complexity index is 315. The van der Waals surface area contributed by atoms with E-state index < -0.39 is 0 Å². The fourth-order valence-electron chi connectivity index (χ4n) is 1.89. The second kappa shape index (κ2) is 5.38. The Morgan fingerprint density at radius 3 is 2.75 bits per heavy atom. The number of nitrogens with zero attached hydrogens (tertiary/aromatic N) is 5. The minimum Gasteiger partial charge on any atom is -0.329 e. The molecule has 0 saturated carbocycles. The Balaban J connectivity index is 1.83. The molecule has 1 saturated heterocycles. The smallest absolute Gasteiger partial charge is 0.0967 e. The fraction of sp³-hybridized carbons (Fsp3) is 0.800. The average molecular weight is 224 g/mol. The minimum absolute atomic E-state index is 0.608. The van der Waals surface area contributed by atoms with Gasteiger partial charge in [-0.05, 0) is 7.05 Å². The summed E-state index contributed by atoms with van der Waals surface area (Å²) in [5.74, 6) is 0. The summed E-state index contributed by atoms with van der Waals surface area (Å²) >= 11 is 0. The molecule has 0 unspecified atom stereocenters. The van der Waals surface area contributed by atoms with E-state index in [-0.39, 0.29) is 0 Å². The van der Waals surface area contributed by atoms with Gasteiger partial charge in [0.1, 0.15) is 0 Å². The van der Waals surface area contributed by atoms with E-state index in [0.29, 0.717) is 6.54 Å². The number of hydrogen-bond donors (Lipinski definition) is 1. The van der Waals surface area contributed by atoms with Crippen molar-refractivity contribution in [2.45, 2.75) is 13.1 Å². The summed E-state index contributed by atoms with van der Waals surface area (Å²) in [6.07, 6.45) is 1.99. The van der Waals surface area contributed by atoms with Crippen molar-refractivity contribution in [1.82, 2.24) is 24.8 Å². The highest BCUT2D eigenvalue weighted by Gasteiger charge is 2.14. The first kappa shape index (κ1) is 11.5. The van der Waals surface area contributed by atoms with Crippen molar-refractivity contribution in [3.05, 3.63) is 11.9 Å². The van der Waals surface area contributed by atoms with Gasteiger partial charge >= 0.3 is 0 Å². The van der Waals surface area contributed by atoms with Gasteiger partial charge < -0.3 is 10.6 Å². The monoisotopic (exact) mass is 224 g/mol. The highest BCUT2D eigenvalue weighted by molar-refractivity contribution is 4.92. The van der Waals surface area contributed by atoms with E-state index in [1.54, 1.807) is 0 Å². The van der Waals surface area contributed by atoms with Crippen LogP contribution < -0.4 is 5.73 Å². The van der Waals surface area contributed by atoms with Crippen LogP contribution in [-0.4, -0.2) is 64.6 Å². The van der Waals surface area contributed by atoms with Crippen LogP contribution in [0.5, 0.6) is 0 Å². The number of nitrogens with two attached hydrogens (primary N) is 1. The van der Waals surface area contributed by atoms with Gasteiger partial charge in [-0.25, -0.2) is 0 Å². The normalized spacial score (nSPS) is 19.1. The Labute approximate surface area is 96.0 Å². The fourth-order valence-corrected chi connectivity index (χ4v) is 1.89. The molecule has 6 nitrogen and oxygen atoms in total. The van der Waals surface area contributed by atoms with Crippen LogP contribution in [0.15, 0.2) is 6.20 Å². The lowest BCUT2D eigenvalue weighted by atomic mass is 10.3. The number of aromatic nitrogens is 3. The molecule has 90 valence electrons. The topological polar surface area (TPSA) is 63.2 Å². The van der Waals surface area contributed by atoms with E-state index in [9.17, 15) is 0 Å². The minimum atomic E-state index is 0.608. The van der Waals surface area contributed by atoms with E-state index in [4.69, 9.17) is 5.73 Å². The molecule has 1 aromatic heterocycles. The van der Waals surface area contributed by atoms with Crippen LogP contribution in [0.4, 0.5) is 0 Å². The van der Waals surface area contributed by atoms with Gasteiger partial charge in [0.15, 0.2) is 0 Å². The van der Waals surface area contributed by atoms with Crippen LogP contribution in [0.3, 0.4) is 0 Å². The van der Waals surface area contributed by atoms with Gasteiger partial charge in [0.05, 0.1) is 12.2 Å². The van der Waals surface area contributed by atoms with Crippen LogP contribution in [0.1, 0.15) is 5.69 Å². The molecular formula is C10H20N6. The predicted octanol–water partition coefficient (Wildman–Crippen LogP) is -1.02. The largest absolute Gasteiger partial charge is 0.329 e. The molecule has 16 heavy (non-hydrogen) atoms. The van der Waals surface area contributed by atoms with Crippen molar-refractivity contribution < 1.29 is 0 Å². The third kappa shape index (κ3) is 3.01. The van der Waals surface area contributed by atoms with E-state index >= 15 is 0 Å². The summed E-state index contributed by atoms with van der Waals surface area (Å²) in [6, 6.07) is 0. The van der Waals surface area contributed by atoms with Crippen LogP contribution in [-0.2, 0) is 13.1 Å². The standard InChI is InChI=1S/C10H20N6/c1-14-4-6-15(7-5-14)8-10-9-16(3-2-11)13-12-10/h9H,2-8,11H2,1H3. The van der Waals surface area contributed by atoms with Crippen molar-refractivity contribution in [2.75, 3.05) is 39.8 Å². The molecule has 1 fully saturated rings. The maximum absolute atomic E-state index is 5.46. The third-order valence-corrected chi connectivity index (χ3v) is 2.93. The summed E-state index contributed by atoms with van der Waals surface area (Å²) in [5.41, 5.74) is 6.50. The zero-order valence-corrected chi connectivity index (χ0v) is 9.84. The summed E-state index contributed by atoms with van der Waals surface area (Å²) < 4.78 is 1.81. The molecule has 1 aliphatic heterocycles. The van der Waals surface area contributed by atoms with E-state index in [0.717, 1.165) is 45.0 Å². The lowest BCUT2D eigenvalue weighted by Gasteiger charge is -2.31. The summed E-state index contributed by atoms with van der Waals surface area (Å²) in [4.78, 5) is 4.76. The summed E-state index contributed by atoms with van der Waals surface area (Å²) in [6.45, 7) is 6.75. The second-order valence-electron chi connectivity index (χ2n) is 4.34. The van der Waals surface area contributed by atoms with Crippen molar-refractivity contribution >= 4 is 0 Å². The van der Waals surface area contributed by atoms with Gasteiger partial charge in [0.2, 0.25) is 0 Å². The first-order chi connectivity index (χ1) is 7.78.